The zero-order valence-corrected chi connectivity index (χ0v) is 28.1. The van der Waals surface area contributed by atoms with Gasteiger partial charge in [0.15, 0.2) is 9.84 Å². The Kier molecular flexibility index (Phi) is 9.28. The van der Waals surface area contributed by atoms with Crippen LogP contribution >= 0.6 is 23.2 Å². The third-order valence-electron chi connectivity index (χ3n) is 8.17. The number of fused-ring (bicyclic) bond motifs is 1. The van der Waals surface area contributed by atoms with Crippen molar-refractivity contribution in [1.29, 1.82) is 0 Å². The maximum Gasteiger partial charge on any atom is 0.263 e. The largest absolute Gasteiger partial charge is 0.497 e. The molecule has 5 aromatic rings. The van der Waals surface area contributed by atoms with Crippen molar-refractivity contribution in [2.75, 3.05) is 18.7 Å². The lowest BCUT2D eigenvalue weighted by atomic mass is 9.92. The van der Waals surface area contributed by atoms with Gasteiger partial charge >= 0.3 is 0 Å². The Balaban J connectivity index is 1.47. The molecule has 0 fully saturated rings. The molecule has 0 aliphatic carbocycles. The fraction of sp³-hybridized carbons (Fsp3) is 0.171. The van der Waals surface area contributed by atoms with Crippen molar-refractivity contribution in [3.63, 3.8) is 0 Å². The van der Waals surface area contributed by atoms with E-state index in [4.69, 9.17) is 32.9 Å². The van der Waals surface area contributed by atoms with Crippen LogP contribution in [0.1, 0.15) is 38.8 Å². The van der Waals surface area contributed by atoms with Gasteiger partial charge in [0, 0.05) is 30.3 Å². The van der Waals surface area contributed by atoms with E-state index < -0.39 is 27.3 Å². The van der Waals surface area contributed by atoms with Gasteiger partial charge in [0.2, 0.25) is 5.95 Å². The molecule has 0 saturated heterocycles. The number of methoxy groups -OCH3 is 1. The number of hydrogen-bond donors (Lipinski definition) is 1. The number of carbonyl (C=O) groups is 1. The van der Waals surface area contributed by atoms with E-state index in [1.54, 1.807) is 42.3 Å². The van der Waals surface area contributed by atoms with E-state index in [9.17, 15) is 22.4 Å². The number of carbonyl (C=O) groups excluding carboxylic acids is 1. The zero-order valence-electron chi connectivity index (χ0n) is 25.8. The molecule has 1 atom stereocenters. The molecule has 13 heteroatoms. The van der Waals surface area contributed by atoms with Crippen LogP contribution in [0.25, 0.3) is 5.69 Å². The molecule has 6 rings (SSSR count). The first-order valence-corrected chi connectivity index (χ1v) is 17.4. The maximum atomic E-state index is 14.4. The number of halogens is 3. The summed E-state index contributed by atoms with van der Waals surface area (Å²) in [4.78, 5) is 35.0. The summed E-state index contributed by atoms with van der Waals surface area (Å²) in [5, 5.41) is 3.77. The van der Waals surface area contributed by atoms with Crippen LogP contribution in [0.4, 0.5) is 10.3 Å². The molecule has 0 radical (unpaired) electrons. The quantitative estimate of drug-likeness (QED) is 0.193. The minimum absolute atomic E-state index is 0.0310. The van der Waals surface area contributed by atoms with Crippen LogP contribution in [-0.4, -0.2) is 42.1 Å². The fourth-order valence-corrected chi connectivity index (χ4v) is 6.56. The van der Waals surface area contributed by atoms with Crippen LogP contribution in [0.2, 0.25) is 10.0 Å². The second-order valence-electron chi connectivity index (χ2n) is 11.3. The zero-order chi connectivity index (χ0) is 34.2. The molecular formula is C35H29Cl2FN4O5S. The number of rotatable bonds is 8. The van der Waals surface area contributed by atoms with Crippen molar-refractivity contribution in [2.24, 2.45) is 0 Å². The number of hydrogen-bond acceptors (Lipinski definition) is 7. The van der Waals surface area contributed by atoms with E-state index in [2.05, 4.69) is 5.32 Å². The van der Waals surface area contributed by atoms with Gasteiger partial charge in [-0.05, 0) is 77.9 Å². The predicted octanol–water partition coefficient (Wildman–Crippen LogP) is 6.64. The Morgan fingerprint density at radius 2 is 1.67 bits per heavy atom. The summed E-state index contributed by atoms with van der Waals surface area (Å²) >= 11 is 12.4. The molecule has 0 unspecified atom stereocenters. The monoisotopic (exact) mass is 706 g/mol. The van der Waals surface area contributed by atoms with Gasteiger partial charge in [0.1, 0.15) is 11.6 Å². The number of nitrogens with one attached hydrogen (secondary N) is 1. The topological polar surface area (TPSA) is 111 Å². The number of aromatic nitrogens is 2. The Bertz CT molecular complexity index is 2180. The van der Waals surface area contributed by atoms with Crippen molar-refractivity contribution >= 4 is 44.9 Å². The molecule has 0 spiro atoms. The summed E-state index contributed by atoms with van der Waals surface area (Å²) < 4.78 is 44.9. The second kappa shape index (κ2) is 13.4. The van der Waals surface area contributed by atoms with E-state index >= 15 is 0 Å². The minimum atomic E-state index is -3.48. The summed E-state index contributed by atoms with van der Waals surface area (Å²) in [7, 11) is -1.90. The first-order chi connectivity index (χ1) is 22.9. The standard InChI is InChI=1S/C35H29Cl2FN4O5S/c1-47-26-12-3-21(4-13-26)19-39-35-40-31-20-41(33(43)23-7-16-29(36)30(37)17-23)32(22-5-8-24(38)9-6-22)18-28(31)34(44)42(35)25-10-14-27(15-11-25)48(2,45)46/h3-17,32H,18-20H2,1-2H3,(H,39,40)/t32-/m0/s1. The van der Waals surface area contributed by atoms with Crippen LogP contribution < -0.4 is 15.6 Å². The van der Waals surface area contributed by atoms with Gasteiger partial charge in [-0.25, -0.2) is 22.4 Å². The van der Waals surface area contributed by atoms with Crippen LogP contribution in [-0.2, 0) is 29.3 Å². The maximum absolute atomic E-state index is 14.4. The van der Waals surface area contributed by atoms with Crippen molar-refractivity contribution < 1.29 is 22.3 Å². The number of sulfone groups is 1. The molecule has 9 nitrogen and oxygen atoms in total. The molecule has 1 aliphatic rings. The number of amides is 1. The second-order valence-corrected chi connectivity index (χ2v) is 14.1. The van der Waals surface area contributed by atoms with Gasteiger partial charge in [-0.3, -0.25) is 9.59 Å². The van der Waals surface area contributed by atoms with Crippen LogP contribution in [0.3, 0.4) is 0 Å². The average Bonchev–Trinajstić information content (AvgIpc) is 3.08. The Labute approximate surface area is 286 Å². The van der Waals surface area contributed by atoms with E-state index in [1.165, 1.54) is 41.0 Å². The smallest absolute Gasteiger partial charge is 0.263 e. The van der Waals surface area contributed by atoms with E-state index in [1.807, 2.05) is 24.3 Å². The molecule has 4 aromatic carbocycles. The molecule has 48 heavy (non-hydrogen) atoms. The van der Waals surface area contributed by atoms with Crippen molar-refractivity contribution in [1.82, 2.24) is 14.5 Å². The van der Waals surface area contributed by atoms with E-state index in [0.717, 1.165) is 11.8 Å². The third-order valence-corrected chi connectivity index (χ3v) is 10.0. The molecule has 1 amide bonds. The van der Waals surface area contributed by atoms with Crippen molar-refractivity contribution in [2.45, 2.75) is 30.4 Å². The highest BCUT2D eigenvalue weighted by atomic mass is 35.5. The normalized spacial score (nSPS) is 14.4. The fourth-order valence-electron chi connectivity index (χ4n) is 5.63. The summed E-state index contributed by atoms with van der Waals surface area (Å²) in [6.07, 6.45) is 1.19. The van der Waals surface area contributed by atoms with Crippen LogP contribution in [0.5, 0.6) is 5.75 Å². The van der Waals surface area contributed by atoms with E-state index in [-0.39, 0.29) is 40.3 Å². The Morgan fingerprint density at radius 1 is 0.979 bits per heavy atom. The molecule has 1 N–H and O–H groups in total. The minimum Gasteiger partial charge on any atom is -0.497 e. The summed E-state index contributed by atoms with van der Waals surface area (Å²) in [5.74, 6) is 0.0786. The van der Waals surface area contributed by atoms with Crippen LogP contribution in [0.15, 0.2) is 101 Å². The van der Waals surface area contributed by atoms with Gasteiger partial charge in [-0.1, -0.05) is 47.5 Å². The molecule has 1 aromatic heterocycles. The lowest BCUT2D eigenvalue weighted by Crippen LogP contribution is -2.43. The predicted molar refractivity (Wildman–Crippen MR) is 182 cm³/mol. The highest BCUT2D eigenvalue weighted by Crippen LogP contribution is 2.35. The lowest BCUT2D eigenvalue weighted by molar-refractivity contribution is 0.0632. The molecule has 1 aliphatic heterocycles. The molecule has 246 valence electrons. The summed E-state index contributed by atoms with van der Waals surface area (Å²) in [6.45, 7) is 0.261. The Morgan fingerprint density at radius 3 is 2.29 bits per heavy atom. The number of nitrogens with zero attached hydrogens (tertiary/aromatic N) is 3. The first-order valence-electron chi connectivity index (χ1n) is 14.8. The number of ether oxygens (including phenoxy) is 1. The molecule has 0 saturated carbocycles. The van der Waals surface area contributed by atoms with Gasteiger partial charge in [0.25, 0.3) is 11.5 Å². The van der Waals surface area contributed by atoms with Crippen molar-refractivity contribution in [3.05, 3.63) is 145 Å². The van der Waals surface area contributed by atoms with Gasteiger partial charge in [0.05, 0.1) is 46.0 Å². The number of anilines is 1. The molecule has 2 heterocycles. The van der Waals surface area contributed by atoms with Crippen molar-refractivity contribution in [3.8, 4) is 11.4 Å². The van der Waals surface area contributed by atoms with Gasteiger partial charge in [-0.15, -0.1) is 0 Å². The number of benzene rings is 4. The van der Waals surface area contributed by atoms with E-state index in [0.29, 0.717) is 39.8 Å². The summed E-state index contributed by atoms with van der Waals surface area (Å²) in [6, 6.07) is 23.1. The first kappa shape index (κ1) is 33.2. The van der Waals surface area contributed by atoms with Crippen LogP contribution in [0, 0.1) is 5.82 Å². The van der Waals surface area contributed by atoms with Gasteiger partial charge in [-0.2, -0.15) is 0 Å². The highest BCUT2D eigenvalue weighted by Gasteiger charge is 2.35. The average molecular weight is 708 g/mol. The molecule has 0 bridgehead atoms. The third kappa shape index (κ3) is 6.80. The highest BCUT2D eigenvalue weighted by molar-refractivity contribution is 7.90. The van der Waals surface area contributed by atoms with Gasteiger partial charge < -0.3 is 15.0 Å². The Hall–Kier alpha value is -4.71. The lowest BCUT2D eigenvalue weighted by Gasteiger charge is -2.37. The SMILES string of the molecule is COc1ccc(CNc2nc3c(c(=O)n2-c2ccc(S(C)(=O)=O)cc2)C[C@@H](c2ccc(F)cc2)N(C(=O)c2ccc(Cl)c(Cl)c2)C3)cc1. The molecular weight excluding hydrogens is 678 g/mol. The summed E-state index contributed by atoms with van der Waals surface area (Å²) in [5.41, 5.74) is 2.55.